The summed E-state index contributed by atoms with van der Waals surface area (Å²) in [4.78, 5) is 9.18. The summed E-state index contributed by atoms with van der Waals surface area (Å²) in [6.45, 7) is 0. The van der Waals surface area contributed by atoms with Gasteiger partial charge in [0.25, 0.3) is 0 Å². The Morgan fingerprint density at radius 1 is 0.667 bits per heavy atom. The minimum Gasteiger partial charge on any atom is -0.305 e. The molecule has 0 saturated carbocycles. The first-order chi connectivity index (χ1) is 10.4. The van der Waals surface area contributed by atoms with Crippen LogP contribution in [-0.2, 0) is 0 Å². The largest absolute Gasteiger partial charge is 0.305 e. The molecule has 0 spiro atoms. The third-order valence-corrected chi connectivity index (χ3v) is 4.04. The van der Waals surface area contributed by atoms with Gasteiger partial charge in [0.05, 0.1) is 27.6 Å². The summed E-state index contributed by atoms with van der Waals surface area (Å²) in [5, 5.41) is 2.32. The summed E-state index contributed by atoms with van der Waals surface area (Å²) in [5.74, 6) is 0. The van der Waals surface area contributed by atoms with Crippen molar-refractivity contribution in [3.05, 3.63) is 67.0 Å². The highest BCUT2D eigenvalue weighted by molar-refractivity contribution is 6.12. The van der Waals surface area contributed by atoms with E-state index in [0.717, 1.165) is 27.5 Å². The molecule has 0 aliphatic rings. The lowest BCUT2D eigenvalue weighted by Crippen LogP contribution is -1.93. The first-order valence-corrected chi connectivity index (χ1v) is 6.95. The average Bonchev–Trinajstić information content (AvgIpc) is 2.95. The van der Waals surface area contributed by atoms with Crippen LogP contribution in [0.1, 0.15) is 0 Å². The zero-order valence-electron chi connectivity index (χ0n) is 11.2. The molecule has 0 bridgehead atoms. The lowest BCUT2D eigenvalue weighted by Gasteiger charge is -2.07. The molecule has 3 nitrogen and oxygen atoms in total. The fourth-order valence-corrected chi connectivity index (χ4v) is 3.17. The van der Waals surface area contributed by atoms with Crippen LogP contribution in [0, 0.1) is 0 Å². The van der Waals surface area contributed by atoms with Gasteiger partial charge in [-0.15, -0.1) is 0 Å². The monoisotopic (exact) mass is 269 g/mol. The van der Waals surface area contributed by atoms with E-state index in [1.807, 2.05) is 24.5 Å². The molecule has 1 aromatic carbocycles. The van der Waals surface area contributed by atoms with Crippen molar-refractivity contribution < 1.29 is 0 Å². The highest BCUT2D eigenvalue weighted by Crippen LogP contribution is 2.31. The Morgan fingerprint density at radius 2 is 1.38 bits per heavy atom. The van der Waals surface area contributed by atoms with Crippen LogP contribution in [0.15, 0.2) is 67.0 Å². The summed E-state index contributed by atoms with van der Waals surface area (Å²) >= 11 is 0. The number of rotatable bonds is 0. The molecule has 0 N–H and O–H groups in total. The number of pyridine rings is 3. The molecule has 5 aromatic rings. The number of hydrogen-bond acceptors (Lipinski definition) is 2. The zero-order chi connectivity index (χ0) is 13.8. The third kappa shape index (κ3) is 1.32. The second-order valence-corrected chi connectivity index (χ2v) is 5.19. The van der Waals surface area contributed by atoms with Gasteiger partial charge in [-0.05, 0) is 36.4 Å². The second kappa shape index (κ2) is 3.79. The molecule has 0 aliphatic carbocycles. The van der Waals surface area contributed by atoms with Gasteiger partial charge in [-0.25, -0.2) is 0 Å². The van der Waals surface area contributed by atoms with Crippen molar-refractivity contribution >= 4 is 38.4 Å². The van der Waals surface area contributed by atoms with Gasteiger partial charge in [-0.1, -0.05) is 18.2 Å². The molecule has 0 unspecified atom stereocenters. The molecule has 5 rings (SSSR count). The van der Waals surface area contributed by atoms with E-state index in [0.29, 0.717) is 0 Å². The van der Waals surface area contributed by atoms with Gasteiger partial charge >= 0.3 is 0 Å². The maximum Gasteiger partial charge on any atom is 0.0965 e. The normalized spacial score (nSPS) is 11.8. The summed E-state index contributed by atoms with van der Waals surface area (Å²) in [7, 11) is 0. The van der Waals surface area contributed by atoms with E-state index in [-0.39, 0.29) is 0 Å². The molecule has 3 heteroatoms. The first kappa shape index (κ1) is 10.8. The van der Waals surface area contributed by atoms with Gasteiger partial charge in [0.2, 0.25) is 0 Å². The molecule has 4 heterocycles. The van der Waals surface area contributed by atoms with Gasteiger partial charge in [0, 0.05) is 23.2 Å². The summed E-state index contributed by atoms with van der Waals surface area (Å²) in [5.41, 5.74) is 5.44. The average molecular weight is 269 g/mol. The fourth-order valence-electron chi connectivity index (χ4n) is 3.17. The third-order valence-electron chi connectivity index (χ3n) is 4.04. The van der Waals surface area contributed by atoms with Crippen LogP contribution in [0.3, 0.4) is 0 Å². The highest BCUT2D eigenvalue weighted by Gasteiger charge is 2.12. The number of nitrogens with zero attached hydrogens (tertiary/aromatic N) is 3. The zero-order valence-corrected chi connectivity index (χ0v) is 11.2. The minimum absolute atomic E-state index is 0.995. The predicted molar refractivity (Wildman–Crippen MR) is 85.5 cm³/mol. The summed E-state index contributed by atoms with van der Waals surface area (Å²) in [6, 6.07) is 18.8. The van der Waals surface area contributed by atoms with Gasteiger partial charge < -0.3 is 4.40 Å². The Morgan fingerprint density at radius 3 is 2.29 bits per heavy atom. The van der Waals surface area contributed by atoms with Crippen LogP contribution in [0.5, 0.6) is 0 Å². The van der Waals surface area contributed by atoms with Crippen LogP contribution in [0.4, 0.5) is 0 Å². The molecular weight excluding hydrogens is 258 g/mol. The Balaban J connectivity index is 2.25. The van der Waals surface area contributed by atoms with Crippen molar-refractivity contribution in [1.82, 2.24) is 14.4 Å². The Kier molecular flexibility index (Phi) is 1.95. The van der Waals surface area contributed by atoms with Gasteiger partial charge in [-0.3, -0.25) is 9.97 Å². The standard InChI is InChI=1S/C18H11N3/c1-2-7-14-12(5-1)11-16-18-13(6-3-9-20-18)17-15(21(14)16)8-4-10-19-17/h1-11H. The lowest BCUT2D eigenvalue weighted by molar-refractivity contribution is 1.29. The van der Waals surface area contributed by atoms with Crippen molar-refractivity contribution in [1.29, 1.82) is 0 Å². The maximum atomic E-state index is 4.59. The van der Waals surface area contributed by atoms with Crippen molar-refractivity contribution in [2.24, 2.45) is 0 Å². The molecule has 0 amide bonds. The van der Waals surface area contributed by atoms with Gasteiger partial charge in [0.1, 0.15) is 0 Å². The summed E-state index contributed by atoms with van der Waals surface area (Å²) in [6.07, 6.45) is 3.68. The number of para-hydroxylation sites is 1. The van der Waals surface area contributed by atoms with Crippen LogP contribution in [0.2, 0.25) is 0 Å². The lowest BCUT2D eigenvalue weighted by atomic mass is 10.2. The Bertz CT molecular complexity index is 1140. The number of hydrogen-bond donors (Lipinski definition) is 0. The number of benzene rings is 1. The molecule has 0 fully saturated rings. The second-order valence-electron chi connectivity index (χ2n) is 5.19. The summed E-state index contributed by atoms with van der Waals surface area (Å²) < 4.78 is 2.26. The maximum absolute atomic E-state index is 4.59. The quantitative estimate of drug-likeness (QED) is 0.395. The smallest absolute Gasteiger partial charge is 0.0965 e. The fraction of sp³-hybridized carbons (Fsp3) is 0. The van der Waals surface area contributed by atoms with E-state index in [9.17, 15) is 0 Å². The van der Waals surface area contributed by atoms with E-state index in [1.54, 1.807) is 0 Å². The molecule has 98 valence electrons. The van der Waals surface area contributed by atoms with E-state index in [4.69, 9.17) is 0 Å². The van der Waals surface area contributed by atoms with E-state index in [1.165, 1.54) is 10.9 Å². The van der Waals surface area contributed by atoms with E-state index in [2.05, 4.69) is 56.8 Å². The van der Waals surface area contributed by atoms with Crippen LogP contribution in [0.25, 0.3) is 38.4 Å². The van der Waals surface area contributed by atoms with E-state index >= 15 is 0 Å². The Labute approximate surface area is 120 Å². The van der Waals surface area contributed by atoms with E-state index < -0.39 is 0 Å². The van der Waals surface area contributed by atoms with Crippen LogP contribution in [-0.4, -0.2) is 14.4 Å². The number of aromatic nitrogens is 3. The Hall–Kier alpha value is -2.94. The van der Waals surface area contributed by atoms with Crippen LogP contribution < -0.4 is 0 Å². The molecule has 0 saturated heterocycles. The molecule has 0 radical (unpaired) electrons. The molecule has 0 atom stereocenters. The minimum atomic E-state index is 0.995. The van der Waals surface area contributed by atoms with Gasteiger partial charge in [0.15, 0.2) is 0 Å². The van der Waals surface area contributed by atoms with Crippen molar-refractivity contribution in [2.45, 2.75) is 0 Å². The molecule has 4 aromatic heterocycles. The predicted octanol–water partition coefficient (Wildman–Crippen LogP) is 4.19. The van der Waals surface area contributed by atoms with Crippen molar-refractivity contribution in [2.75, 3.05) is 0 Å². The highest BCUT2D eigenvalue weighted by atomic mass is 14.9. The molecule has 0 aliphatic heterocycles. The molecule has 21 heavy (non-hydrogen) atoms. The number of fused-ring (bicyclic) bond motifs is 8. The van der Waals surface area contributed by atoms with Crippen molar-refractivity contribution in [3.8, 4) is 0 Å². The van der Waals surface area contributed by atoms with Gasteiger partial charge in [-0.2, -0.15) is 0 Å². The SMILES string of the molecule is c1ccc2c(c1)cc1c3ncccc3c3ncccc3n21. The molecular formula is C18H11N3. The van der Waals surface area contributed by atoms with Crippen molar-refractivity contribution in [3.63, 3.8) is 0 Å². The topological polar surface area (TPSA) is 30.2 Å². The van der Waals surface area contributed by atoms with Crippen LogP contribution >= 0.6 is 0 Å². The first-order valence-electron chi connectivity index (χ1n) is 6.95.